The third-order valence-corrected chi connectivity index (χ3v) is 4.29. The zero-order chi connectivity index (χ0) is 18.7. The zero-order valence-electron chi connectivity index (χ0n) is 13.4. The van der Waals surface area contributed by atoms with Crippen molar-refractivity contribution >= 4 is 46.5 Å². The van der Waals surface area contributed by atoms with Gasteiger partial charge in [-0.1, -0.05) is 53.5 Å². The molecule has 26 heavy (non-hydrogen) atoms. The Kier molecular flexibility index (Phi) is 5.26. The van der Waals surface area contributed by atoms with Crippen LogP contribution in [0, 0.1) is 0 Å². The summed E-state index contributed by atoms with van der Waals surface area (Å²) in [5.41, 5.74) is 0.957. The van der Waals surface area contributed by atoms with Crippen LogP contribution in [-0.4, -0.2) is 17.0 Å². The number of amides is 1. The zero-order valence-corrected chi connectivity index (χ0v) is 14.9. The van der Waals surface area contributed by atoms with Crippen LogP contribution in [0.3, 0.4) is 0 Å². The average molecular weight is 386 g/mol. The summed E-state index contributed by atoms with van der Waals surface area (Å²) in [4.78, 5) is 26.2. The predicted octanol–water partition coefficient (Wildman–Crippen LogP) is 5.67. The van der Waals surface area contributed by atoms with Gasteiger partial charge in [0.2, 0.25) is 0 Å². The van der Waals surface area contributed by atoms with Crippen molar-refractivity contribution < 1.29 is 14.7 Å². The van der Waals surface area contributed by atoms with Gasteiger partial charge in [-0.05, 0) is 42.5 Å². The van der Waals surface area contributed by atoms with Crippen molar-refractivity contribution in [3.63, 3.8) is 0 Å². The number of anilines is 2. The summed E-state index contributed by atoms with van der Waals surface area (Å²) in [5.74, 6) is -1.54. The number of para-hydroxylation sites is 1. The second-order valence-electron chi connectivity index (χ2n) is 5.42. The fraction of sp³-hybridized carbons (Fsp3) is 0. The second-order valence-corrected chi connectivity index (χ2v) is 6.27. The maximum Gasteiger partial charge on any atom is 0.337 e. The van der Waals surface area contributed by atoms with E-state index >= 15 is 0 Å². The smallest absolute Gasteiger partial charge is 0.337 e. The summed E-state index contributed by atoms with van der Waals surface area (Å²) in [7, 11) is 0. The number of halogens is 2. The lowest BCUT2D eigenvalue weighted by Crippen LogP contribution is -2.28. The number of aromatic carboxylic acids is 1. The van der Waals surface area contributed by atoms with Crippen LogP contribution in [0.5, 0.6) is 0 Å². The molecule has 6 heteroatoms. The maximum atomic E-state index is 13.2. The van der Waals surface area contributed by atoms with Gasteiger partial charge < -0.3 is 5.11 Å². The molecule has 1 N–H and O–H groups in total. The van der Waals surface area contributed by atoms with E-state index in [1.54, 1.807) is 60.7 Å². The first kappa shape index (κ1) is 18.0. The minimum Gasteiger partial charge on any atom is -0.478 e. The number of carboxylic acids is 1. The molecule has 0 aliphatic heterocycles. The Balaban J connectivity index is 2.23. The van der Waals surface area contributed by atoms with Gasteiger partial charge in [-0.2, -0.15) is 0 Å². The average Bonchev–Trinajstić information content (AvgIpc) is 2.64. The monoisotopic (exact) mass is 385 g/mol. The highest BCUT2D eigenvalue weighted by Gasteiger charge is 2.26. The molecule has 0 unspecified atom stereocenters. The first-order valence-corrected chi connectivity index (χ1v) is 8.41. The van der Waals surface area contributed by atoms with E-state index < -0.39 is 11.9 Å². The highest BCUT2D eigenvalue weighted by molar-refractivity contribution is 6.37. The van der Waals surface area contributed by atoms with Gasteiger partial charge in [-0.25, -0.2) is 4.79 Å². The second kappa shape index (κ2) is 7.60. The molecule has 0 radical (unpaired) electrons. The molecule has 0 bridgehead atoms. The molecular weight excluding hydrogens is 373 g/mol. The Hall–Kier alpha value is -2.82. The van der Waals surface area contributed by atoms with Crippen molar-refractivity contribution in [3.05, 3.63) is 94.0 Å². The van der Waals surface area contributed by atoms with Crippen LogP contribution < -0.4 is 4.90 Å². The molecular formula is C20H13Cl2NO3. The van der Waals surface area contributed by atoms with E-state index in [1.165, 1.54) is 17.0 Å². The van der Waals surface area contributed by atoms with Crippen LogP contribution in [0.15, 0.2) is 72.8 Å². The van der Waals surface area contributed by atoms with Crippen LogP contribution in [0.1, 0.15) is 20.7 Å². The number of rotatable bonds is 4. The molecule has 4 nitrogen and oxygen atoms in total. The minimum absolute atomic E-state index is 0.0113. The number of hydrogen-bond acceptors (Lipinski definition) is 2. The number of hydrogen-bond donors (Lipinski definition) is 1. The maximum absolute atomic E-state index is 13.2. The lowest BCUT2D eigenvalue weighted by Gasteiger charge is -2.25. The minimum atomic E-state index is -1.14. The first-order chi connectivity index (χ1) is 12.5. The van der Waals surface area contributed by atoms with E-state index in [9.17, 15) is 14.7 Å². The molecule has 0 saturated heterocycles. The number of carbonyl (C=O) groups is 2. The third kappa shape index (κ3) is 3.57. The fourth-order valence-corrected chi connectivity index (χ4v) is 3.06. The van der Waals surface area contributed by atoms with Crippen molar-refractivity contribution in [2.24, 2.45) is 0 Å². The number of benzene rings is 3. The van der Waals surface area contributed by atoms with Crippen molar-refractivity contribution in [1.29, 1.82) is 0 Å². The Bertz CT molecular complexity index is 974. The molecule has 1 amide bonds. The summed E-state index contributed by atoms with van der Waals surface area (Å²) in [6, 6.07) is 19.5. The van der Waals surface area contributed by atoms with Gasteiger partial charge in [0, 0.05) is 10.6 Å². The van der Waals surface area contributed by atoms with Crippen LogP contribution in [0.2, 0.25) is 10.0 Å². The molecule has 130 valence electrons. The van der Waals surface area contributed by atoms with Gasteiger partial charge >= 0.3 is 5.97 Å². The third-order valence-electron chi connectivity index (χ3n) is 3.75. The van der Waals surface area contributed by atoms with Gasteiger partial charge in [-0.15, -0.1) is 0 Å². The van der Waals surface area contributed by atoms with Gasteiger partial charge in [0.15, 0.2) is 0 Å². The first-order valence-electron chi connectivity index (χ1n) is 7.66. The van der Waals surface area contributed by atoms with Crippen molar-refractivity contribution in [2.45, 2.75) is 0 Å². The quantitative estimate of drug-likeness (QED) is 0.629. The van der Waals surface area contributed by atoms with E-state index in [4.69, 9.17) is 23.2 Å². The highest BCUT2D eigenvalue weighted by atomic mass is 35.5. The summed E-state index contributed by atoms with van der Waals surface area (Å²) in [6.07, 6.45) is 0. The topological polar surface area (TPSA) is 57.6 Å². The van der Waals surface area contributed by atoms with Gasteiger partial charge in [0.05, 0.1) is 22.0 Å². The van der Waals surface area contributed by atoms with Crippen LogP contribution in [0.25, 0.3) is 0 Å². The molecule has 0 saturated carbocycles. The lowest BCUT2D eigenvalue weighted by atomic mass is 10.1. The Labute approximate surface area is 160 Å². The number of carbonyl (C=O) groups excluding carboxylic acids is 1. The van der Waals surface area contributed by atoms with Crippen molar-refractivity contribution in [1.82, 2.24) is 0 Å². The SMILES string of the molecule is O=C(O)c1ccccc1N(C(=O)c1ccccc1)c1ccc(Cl)cc1Cl. The van der Waals surface area contributed by atoms with Crippen LogP contribution in [0.4, 0.5) is 11.4 Å². The van der Waals surface area contributed by atoms with Crippen molar-refractivity contribution in [2.75, 3.05) is 4.90 Å². The van der Waals surface area contributed by atoms with Gasteiger partial charge in [0.25, 0.3) is 5.91 Å². The summed E-state index contributed by atoms with van der Waals surface area (Å²) >= 11 is 12.3. The molecule has 0 aromatic heterocycles. The Morgan fingerprint density at radius 2 is 1.46 bits per heavy atom. The van der Waals surface area contributed by atoms with E-state index in [0.29, 0.717) is 16.3 Å². The Morgan fingerprint density at radius 1 is 0.808 bits per heavy atom. The summed E-state index contributed by atoms with van der Waals surface area (Å²) < 4.78 is 0. The predicted molar refractivity (Wildman–Crippen MR) is 103 cm³/mol. The van der Waals surface area contributed by atoms with Crippen molar-refractivity contribution in [3.8, 4) is 0 Å². The summed E-state index contributed by atoms with van der Waals surface area (Å²) in [5, 5.41) is 10.2. The number of nitrogens with zero attached hydrogens (tertiary/aromatic N) is 1. The molecule has 3 aromatic carbocycles. The van der Waals surface area contributed by atoms with E-state index in [2.05, 4.69) is 0 Å². The molecule has 0 heterocycles. The van der Waals surface area contributed by atoms with Gasteiger partial charge in [0.1, 0.15) is 0 Å². The molecule has 0 aliphatic carbocycles. The lowest BCUT2D eigenvalue weighted by molar-refractivity contribution is 0.0698. The number of carboxylic acid groups (broad SMARTS) is 1. The molecule has 3 rings (SSSR count). The fourth-order valence-electron chi connectivity index (χ4n) is 2.57. The van der Waals surface area contributed by atoms with Crippen LogP contribution >= 0.6 is 23.2 Å². The van der Waals surface area contributed by atoms with E-state index in [1.807, 2.05) is 0 Å². The van der Waals surface area contributed by atoms with Crippen LogP contribution in [-0.2, 0) is 0 Å². The normalized spacial score (nSPS) is 10.4. The van der Waals surface area contributed by atoms with E-state index in [-0.39, 0.29) is 16.3 Å². The highest BCUT2D eigenvalue weighted by Crippen LogP contribution is 2.36. The van der Waals surface area contributed by atoms with E-state index in [0.717, 1.165) is 0 Å². The molecule has 0 aliphatic rings. The molecule has 3 aromatic rings. The standard InChI is InChI=1S/C20H13Cl2NO3/c21-14-10-11-18(16(22)12-14)23(19(24)13-6-2-1-3-7-13)17-9-5-4-8-15(17)20(25)26/h1-12H,(H,25,26). The molecule has 0 atom stereocenters. The molecule has 0 spiro atoms. The van der Waals surface area contributed by atoms with Gasteiger partial charge in [-0.3, -0.25) is 9.69 Å². The molecule has 0 fully saturated rings. The Morgan fingerprint density at radius 3 is 2.12 bits per heavy atom. The largest absolute Gasteiger partial charge is 0.478 e. The summed E-state index contributed by atoms with van der Waals surface area (Å²) in [6.45, 7) is 0.